The predicted molar refractivity (Wildman–Crippen MR) is 81.9 cm³/mol. The molecule has 0 amide bonds. The maximum atomic E-state index is 13.0. The van der Waals surface area contributed by atoms with Crippen molar-refractivity contribution in [1.29, 1.82) is 0 Å². The lowest BCUT2D eigenvalue weighted by atomic mass is 10.1. The number of rotatable bonds is 5. The van der Waals surface area contributed by atoms with Crippen LogP contribution >= 0.6 is 0 Å². The summed E-state index contributed by atoms with van der Waals surface area (Å²) in [5.41, 5.74) is 2.53. The third kappa shape index (κ3) is 4.45. The molecule has 0 aliphatic carbocycles. The van der Waals surface area contributed by atoms with Gasteiger partial charge in [-0.1, -0.05) is 36.4 Å². The molecular formula is C17H14F2N2. The van der Waals surface area contributed by atoms with Crippen molar-refractivity contribution in [2.24, 2.45) is 10.2 Å². The Morgan fingerprint density at radius 3 is 2.10 bits per heavy atom. The first-order chi connectivity index (χ1) is 10.2. The van der Waals surface area contributed by atoms with Gasteiger partial charge in [0, 0.05) is 0 Å². The van der Waals surface area contributed by atoms with Gasteiger partial charge < -0.3 is 0 Å². The van der Waals surface area contributed by atoms with Crippen molar-refractivity contribution < 1.29 is 8.78 Å². The van der Waals surface area contributed by atoms with Gasteiger partial charge in [-0.15, -0.1) is 6.58 Å². The number of allylic oxidation sites excluding steroid dienone is 1. The van der Waals surface area contributed by atoms with Crippen LogP contribution in [0.25, 0.3) is 0 Å². The van der Waals surface area contributed by atoms with E-state index < -0.39 is 11.6 Å². The van der Waals surface area contributed by atoms with Gasteiger partial charge in [0.15, 0.2) is 11.6 Å². The molecular weight excluding hydrogens is 270 g/mol. The molecule has 0 aromatic heterocycles. The molecule has 2 rings (SSSR count). The molecule has 2 nitrogen and oxygen atoms in total. The molecule has 0 spiro atoms. The Morgan fingerprint density at radius 1 is 0.857 bits per heavy atom. The Kier molecular flexibility index (Phi) is 5.10. The van der Waals surface area contributed by atoms with Gasteiger partial charge in [-0.3, -0.25) is 0 Å². The zero-order chi connectivity index (χ0) is 15.1. The lowest BCUT2D eigenvalue weighted by molar-refractivity contribution is 0.508. The third-order valence-electron chi connectivity index (χ3n) is 2.78. The maximum absolute atomic E-state index is 13.0. The van der Waals surface area contributed by atoms with Crippen LogP contribution in [0.2, 0.25) is 0 Å². The minimum absolute atomic E-state index is 0.451. The van der Waals surface area contributed by atoms with E-state index in [4.69, 9.17) is 0 Å². The molecule has 0 aliphatic rings. The fraction of sp³-hybridized carbons (Fsp3) is 0.0588. The summed E-state index contributed by atoms with van der Waals surface area (Å²) in [5, 5.41) is 7.68. The number of halogens is 2. The van der Waals surface area contributed by atoms with Crippen LogP contribution in [-0.2, 0) is 6.42 Å². The molecule has 0 saturated heterocycles. The Hall–Kier alpha value is -2.62. The Balaban J connectivity index is 1.99. The van der Waals surface area contributed by atoms with E-state index in [0.29, 0.717) is 5.56 Å². The largest absolute Gasteiger partial charge is 0.204 e. The monoisotopic (exact) mass is 284 g/mol. The highest BCUT2D eigenvalue weighted by Gasteiger charge is 1.99. The van der Waals surface area contributed by atoms with Crippen molar-refractivity contribution in [2.75, 3.05) is 0 Å². The third-order valence-corrected chi connectivity index (χ3v) is 2.78. The van der Waals surface area contributed by atoms with Gasteiger partial charge >= 0.3 is 0 Å². The minimum atomic E-state index is -0.902. The second kappa shape index (κ2) is 7.24. The second-order valence-corrected chi connectivity index (χ2v) is 4.40. The topological polar surface area (TPSA) is 24.7 Å². The van der Waals surface area contributed by atoms with Crippen LogP contribution in [-0.4, -0.2) is 12.4 Å². The van der Waals surface area contributed by atoms with Crippen molar-refractivity contribution in [3.63, 3.8) is 0 Å². The first-order valence-electron chi connectivity index (χ1n) is 6.40. The van der Waals surface area contributed by atoms with Crippen LogP contribution in [0.15, 0.2) is 65.3 Å². The summed E-state index contributed by atoms with van der Waals surface area (Å²) in [6.07, 6.45) is 5.63. The summed E-state index contributed by atoms with van der Waals surface area (Å²) >= 11 is 0. The summed E-state index contributed by atoms with van der Waals surface area (Å²) in [6, 6.07) is 11.4. The van der Waals surface area contributed by atoms with E-state index >= 15 is 0 Å². The van der Waals surface area contributed by atoms with Gasteiger partial charge in [-0.25, -0.2) is 8.78 Å². The number of hydrogen-bond acceptors (Lipinski definition) is 2. The van der Waals surface area contributed by atoms with E-state index in [-0.39, 0.29) is 0 Å². The molecule has 0 heterocycles. The molecule has 0 fully saturated rings. The highest BCUT2D eigenvalue weighted by atomic mass is 19.2. The number of hydrogen-bond donors (Lipinski definition) is 0. The van der Waals surface area contributed by atoms with Gasteiger partial charge in [0.1, 0.15) is 0 Å². The molecule has 0 saturated carbocycles. The van der Waals surface area contributed by atoms with Crippen LogP contribution in [0.5, 0.6) is 0 Å². The van der Waals surface area contributed by atoms with E-state index in [1.165, 1.54) is 17.8 Å². The zero-order valence-corrected chi connectivity index (χ0v) is 11.3. The van der Waals surface area contributed by atoms with E-state index in [0.717, 1.165) is 24.1 Å². The van der Waals surface area contributed by atoms with Crippen molar-refractivity contribution in [3.05, 3.63) is 83.4 Å². The average molecular weight is 284 g/mol. The summed E-state index contributed by atoms with van der Waals surface area (Å²) in [5.74, 6) is -1.78. The molecule has 0 bridgehead atoms. The fourth-order valence-electron chi connectivity index (χ4n) is 1.70. The molecule has 0 atom stereocenters. The molecule has 0 N–H and O–H groups in total. The minimum Gasteiger partial charge on any atom is -0.204 e. The maximum Gasteiger partial charge on any atom is 0.159 e. The van der Waals surface area contributed by atoms with Crippen LogP contribution in [0.3, 0.4) is 0 Å². The molecule has 106 valence electrons. The highest BCUT2D eigenvalue weighted by Crippen LogP contribution is 2.07. The van der Waals surface area contributed by atoms with Gasteiger partial charge in [0.25, 0.3) is 0 Å². The van der Waals surface area contributed by atoms with E-state index in [9.17, 15) is 8.78 Å². The van der Waals surface area contributed by atoms with E-state index in [1.807, 2.05) is 30.3 Å². The quantitative estimate of drug-likeness (QED) is 0.448. The predicted octanol–water partition coefficient (Wildman–Crippen LogP) is 4.15. The molecule has 21 heavy (non-hydrogen) atoms. The Bertz CT molecular complexity index is 674. The SMILES string of the molecule is C=CCc1ccc(/C=N/N=C/c2ccc(F)c(F)c2)cc1. The van der Waals surface area contributed by atoms with Gasteiger partial charge in [-0.2, -0.15) is 10.2 Å². The molecule has 0 aliphatic heterocycles. The van der Waals surface area contributed by atoms with Crippen molar-refractivity contribution in [2.45, 2.75) is 6.42 Å². The van der Waals surface area contributed by atoms with Crippen molar-refractivity contribution in [3.8, 4) is 0 Å². The van der Waals surface area contributed by atoms with Gasteiger partial charge in [-0.05, 0) is 35.2 Å². The normalized spacial score (nSPS) is 11.3. The lowest BCUT2D eigenvalue weighted by Gasteiger charge is -1.96. The molecule has 2 aromatic rings. The average Bonchev–Trinajstić information content (AvgIpc) is 2.49. The first-order valence-corrected chi connectivity index (χ1v) is 6.40. The highest BCUT2D eigenvalue weighted by molar-refractivity contribution is 5.82. The number of benzene rings is 2. The van der Waals surface area contributed by atoms with Crippen LogP contribution in [0.1, 0.15) is 16.7 Å². The van der Waals surface area contributed by atoms with E-state index in [1.54, 1.807) is 6.21 Å². The Morgan fingerprint density at radius 2 is 1.48 bits per heavy atom. The van der Waals surface area contributed by atoms with Crippen LogP contribution in [0, 0.1) is 11.6 Å². The summed E-state index contributed by atoms with van der Waals surface area (Å²) in [6.45, 7) is 3.68. The molecule has 4 heteroatoms. The van der Waals surface area contributed by atoms with Crippen LogP contribution < -0.4 is 0 Å². The zero-order valence-electron chi connectivity index (χ0n) is 11.3. The first kappa shape index (κ1) is 14.8. The molecule has 0 radical (unpaired) electrons. The van der Waals surface area contributed by atoms with Gasteiger partial charge in [0.2, 0.25) is 0 Å². The summed E-state index contributed by atoms with van der Waals surface area (Å²) in [7, 11) is 0. The molecule has 2 aromatic carbocycles. The van der Waals surface area contributed by atoms with Crippen molar-refractivity contribution >= 4 is 12.4 Å². The Labute approximate surface area is 122 Å². The fourth-order valence-corrected chi connectivity index (χ4v) is 1.70. The molecule has 0 unspecified atom stereocenters. The standard InChI is InChI=1S/C17H14F2N2/c1-2-3-13-4-6-14(7-5-13)11-20-21-12-15-8-9-16(18)17(19)10-15/h2,4-12H,1,3H2/b20-11+,21-12+. The summed E-state index contributed by atoms with van der Waals surface area (Å²) in [4.78, 5) is 0. The lowest BCUT2D eigenvalue weighted by Crippen LogP contribution is -1.87. The van der Waals surface area contributed by atoms with Gasteiger partial charge in [0.05, 0.1) is 12.4 Å². The number of nitrogens with zero attached hydrogens (tertiary/aromatic N) is 2. The van der Waals surface area contributed by atoms with Crippen LogP contribution in [0.4, 0.5) is 8.78 Å². The second-order valence-electron chi connectivity index (χ2n) is 4.40. The smallest absolute Gasteiger partial charge is 0.159 e. The van der Waals surface area contributed by atoms with Crippen molar-refractivity contribution in [1.82, 2.24) is 0 Å². The van der Waals surface area contributed by atoms with E-state index in [2.05, 4.69) is 16.8 Å². The summed E-state index contributed by atoms with van der Waals surface area (Å²) < 4.78 is 25.7.